The Labute approximate surface area is 181 Å². The summed E-state index contributed by atoms with van der Waals surface area (Å²) in [5.74, 6) is -1.17. The van der Waals surface area contributed by atoms with Crippen LogP contribution in [-0.2, 0) is 20.7 Å². The van der Waals surface area contributed by atoms with Gasteiger partial charge in [0.2, 0.25) is 5.91 Å². The van der Waals surface area contributed by atoms with E-state index in [2.05, 4.69) is 36.9 Å². The summed E-state index contributed by atoms with van der Waals surface area (Å²) in [5.41, 5.74) is 5.57. The van der Waals surface area contributed by atoms with E-state index in [9.17, 15) is 14.7 Å². The highest BCUT2D eigenvalue weighted by Gasteiger charge is 2.61. The first-order chi connectivity index (χ1) is 15.0. The minimum atomic E-state index is -0.754. The largest absolute Gasteiger partial charge is 0.457 e. The number of carbonyl (C=O) groups is 2. The number of esters is 1. The summed E-state index contributed by atoms with van der Waals surface area (Å²) in [6.07, 6.45) is 2.48. The highest BCUT2D eigenvalue weighted by atomic mass is 16.5. The summed E-state index contributed by atoms with van der Waals surface area (Å²) in [5, 5.41) is 10.2. The first-order valence-electron chi connectivity index (χ1n) is 10.7. The van der Waals surface area contributed by atoms with E-state index in [1.165, 1.54) is 11.6 Å². The highest BCUT2D eigenvalue weighted by Crippen LogP contribution is 2.55. The van der Waals surface area contributed by atoms with E-state index in [0.29, 0.717) is 5.70 Å². The van der Waals surface area contributed by atoms with Crippen LogP contribution in [0.1, 0.15) is 24.5 Å². The number of ether oxygens (including phenoxy) is 1. The van der Waals surface area contributed by atoms with Gasteiger partial charge in [-0.1, -0.05) is 55.1 Å². The molecule has 1 unspecified atom stereocenters. The van der Waals surface area contributed by atoms with E-state index in [1.54, 1.807) is 11.8 Å². The number of aliphatic hydroxyl groups is 1. The zero-order valence-electron chi connectivity index (χ0n) is 17.5. The molecule has 31 heavy (non-hydrogen) atoms. The Kier molecular flexibility index (Phi) is 4.78. The third-order valence-electron chi connectivity index (χ3n) is 6.74. The van der Waals surface area contributed by atoms with Gasteiger partial charge in [0.05, 0.1) is 18.1 Å². The van der Waals surface area contributed by atoms with Gasteiger partial charge in [-0.25, -0.2) is 4.79 Å². The fourth-order valence-corrected chi connectivity index (χ4v) is 5.41. The predicted octanol–water partition coefficient (Wildman–Crippen LogP) is 3.58. The zero-order valence-corrected chi connectivity index (χ0v) is 17.5. The number of hydrogen-bond acceptors (Lipinski definition) is 4. The van der Waals surface area contributed by atoms with Crippen LogP contribution in [0.25, 0.3) is 16.7 Å². The van der Waals surface area contributed by atoms with Crippen LogP contribution in [0, 0.1) is 11.8 Å². The fourth-order valence-electron chi connectivity index (χ4n) is 5.41. The number of nitrogens with zero attached hydrogens (tertiary/aromatic N) is 1. The van der Waals surface area contributed by atoms with Gasteiger partial charge < -0.3 is 14.7 Å². The number of rotatable bonds is 5. The second-order valence-electron chi connectivity index (χ2n) is 8.50. The normalized spacial score (nSPS) is 24.6. The van der Waals surface area contributed by atoms with Crippen LogP contribution >= 0.6 is 0 Å². The number of β-lactam (4-membered cyclic amide) rings is 1. The topological polar surface area (TPSA) is 66.8 Å². The number of aryl methyl sites for hydroxylation is 1. The number of amides is 1. The monoisotopic (exact) mass is 415 g/mol. The van der Waals surface area contributed by atoms with Crippen molar-refractivity contribution in [2.75, 3.05) is 6.61 Å². The zero-order chi connectivity index (χ0) is 21.7. The van der Waals surface area contributed by atoms with E-state index in [1.807, 2.05) is 18.2 Å². The molecule has 0 aromatic heterocycles. The third-order valence-corrected chi connectivity index (χ3v) is 6.74. The van der Waals surface area contributed by atoms with Gasteiger partial charge in [0.15, 0.2) is 0 Å². The molecule has 2 aliphatic heterocycles. The van der Waals surface area contributed by atoms with Crippen molar-refractivity contribution in [1.82, 2.24) is 4.90 Å². The van der Waals surface area contributed by atoms with Gasteiger partial charge in [-0.2, -0.15) is 0 Å². The Morgan fingerprint density at radius 1 is 1.26 bits per heavy atom. The van der Waals surface area contributed by atoms with Crippen LogP contribution in [0.3, 0.4) is 0 Å². The molecule has 0 saturated carbocycles. The standard InChI is InChI=1S/C26H25NO4/c1-3-13-31-26(30)24-22-19(23-21(15(2)28)25(29)27(23)24)12-11-17-9-10-18(14-20(17)22)16-7-5-4-6-8-16/h3-10,14-15,19,21,23,28H,1,11-13H2,2H3/t15-,19+,21-,23?/m1/s1. The summed E-state index contributed by atoms with van der Waals surface area (Å²) in [6, 6.07) is 16.3. The van der Waals surface area contributed by atoms with Gasteiger partial charge in [0, 0.05) is 5.92 Å². The molecule has 0 bridgehead atoms. The van der Waals surface area contributed by atoms with Crippen LogP contribution in [0.2, 0.25) is 0 Å². The molecule has 1 amide bonds. The Bertz CT molecular complexity index is 1100. The highest BCUT2D eigenvalue weighted by molar-refractivity contribution is 6.08. The summed E-state index contributed by atoms with van der Waals surface area (Å²) >= 11 is 0. The lowest BCUT2D eigenvalue weighted by Crippen LogP contribution is -2.64. The summed E-state index contributed by atoms with van der Waals surface area (Å²) in [7, 11) is 0. The molecule has 2 heterocycles. The summed E-state index contributed by atoms with van der Waals surface area (Å²) in [4.78, 5) is 27.5. The minimum Gasteiger partial charge on any atom is -0.457 e. The maximum Gasteiger partial charge on any atom is 0.355 e. The van der Waals surface area contributed by atoms with Crippen molar-refractivity contribution in [3.63, 3.8) is 0 Å². The molecule has 1 aliphatic carbocycles. The Morgan fingerprint density at radius 2 is 2.03 bits per heavy atom. The molecular formula is C26H25NO4. The van der Waals surface area contributed by atoms with Gasteiger partial charge in [-0.3, -0.25) is 4.79 Å². The molecule has 1 fully saturated rings. The fraction of sp³-hybridized carbons (Fsp3) is 0.308. The lowest BCUT2D eigenvalue weighted by atomic mass is 9.70. The molecule has 1 N–H and O–H groups in total. The van der Waals surface area contributed by atoms with Crippen LogP contribution in [0.15, 0.2) is 66.9 Å². The first-order valence-corrected chi connectivity index (χ1v) is 10.7. The van der Waals surface area contributed by atoms with Crippen molar-refractivity contribution in [1.29, 1.82) is 0 Å². The maximum atomic E-state index is 13.1. The quantitative estimate of drug-likeness (QED) is 0.461. The van der Waals surface area contributed by atoms with Gasteiger partial charge in [0.1, 0.15) is 12.3 Å². The summed E-state index contributed by atoms with van der Waals surface area (Å²) in [6.45, 7) is 5.35. The van der Waals surface area contributed by atoms with Crippen molar-refractivity contribution >= 4 is 17.4 Å². The molecule has 158 valence electrons. The van der Waals surface area contributed by atoms with Gasteiger partial charge in [-0.05, 0) is 53.7 Å². The van der Waals surface area contributed by atoms with E-state index >= 15 is 0 Å². The first kappa shape index (κ1) is 19.8. The Morgan fingerprint density at radius 3 is 2.74 bits per heavy atom. The van der Waals surface area contributed by atoms with Crippen LogP contribution < -0.4 is 0 Å². The number of aliphatic hydroxyl groups excluding tert-OH is 1. The van der Waals surface area contributed by atoms with E-state index in [0.717, 1.165) is 35.1 Å². The average Bonchev–Trinajstić information content (AvgIpc) is 3.08. The lowest BCUT2D eigenvalue weighted by Gasteiger charge is -2.47. The van der Waals surface area contributed by atoms with Gasteiger partial charge >= 0.3 is 5.97 Å². The smallest absolute Gasteiger partial charge is 0.355 e. The van der Waals surface area contributed by atoms with Crippen LogP contribution in [0.4, 0.5) is 0 Å². The van der Waals surface area contributed by atoms with E-state index < -0.39 is 18.0 Å². The molecule has 0 radical (unpaired) electrons. The van der Waals surface area contributed by atoms with Crippen molar-refractivity contribution in [2.24, 2.45) is 11.8 Å². The maximum absolute atomic E-state index is 13.1. The summed E-state index contributed by atoms with van der Waals surface area (Å²) < 4.78 is 5.38. The Hall–Kier alpha value is -3.18. The van der Waals surface area contributed by atoms with Crippen molar-refractivity contribution in [3.8, 4) is 11.1 Å². The molecule has 3 aliphatic rings. The minimum absolute atomic E-state index is 0.0158. The van der Waals surface area contributed by atoms with Crippen LogP contribution in [0.5, 0.6) is 0 Å². The second-order valence-corrected chi connectivity index (χ2v) is 8.50. The van der Waals surface area contributed by atoms with E-state index in [-0.39, 0.29) is 24.5 Å². The van der Waals surface area contributed by atoms with Crippen LogP contribution in [-0.4, -0.2) is 40.6 Å². The molecule has 2 aromatic carbocycles. The van der Waals surface area contributed by atoms with Gasteiger partial charge in [-0.15, -0.1) is 0 Å². The SMILES string of the molecule is C=CCOC(=O)C1=C2c3cc(-c4ccccc4)ccc3CC[C@@H]2C2[C@@H]([C@@H](C)O)C(=O)N12. The molecule has 2 aromatic rings. The number of fused-ring (bicyclic) bond motifs is 5. The number of hydrogen-bond donors (Lipinski definition) is 1. The predicted molar refractivity (Wildman–Crippen MR) is 118 cm³/mol. The van der Waals surface area contributed by atoms with Crippen molar-refractivity contribution in [2.45, 2.75) is 31.9 Å². The number of benzene rings is 2. The third kappa shape index (κ3) is 2.95. The van der Waals surface area contributed by atoms with Gasteiger partial charge in [0.25, 0.3) is 0 Å². The molecule has 1 saturated heterocycles. The molecule has 5 heteroatoms. The Balaban J connectivity index is 1.66. The van der Waals surface area contributed by atoms with Crippen molar-refractivity contribution < 1.29 is 19.4 Å². The molecular weight excluding hydrogens is 390 g/mol. The molecule has 0 spiro atoms. The lowest BCUT2D eigenvalue weighted by molar-refractivity contribution is -0.164. The average molecular weight is 415 g/mol. The van der Waals surface area contributed by atoms with E-state index in [4.69, 9.17) is 4.74 Å². The molecule has 5 nitrogen and oxygen atoms in total. The van der Waals surface area contributed by atoms with Crippen molar-refractivity contribution in [3.05, 3.63) is 78.0 Å². The molecule has 4 atom stereocenters. The number of carbonyl (C=O) groups excluding carboxylic acids is 2. The molecule has 5 rings (SSSR count). The second kappa shape index (κ2) is 7.50.